The zero-order valence-electron chi connectivity index (χ0n) is 14.3. The fourth-order valence-electron chi connectivity index (χ4n) is 2.57. The third-order valence-corrected chi connectivity index (χ3v) is 4.86. The smallest absolute Gasteiger partial charge is 0.279 e. The minimum absolute atomic E-state index is 0.0156. The summed E-state index contributed by atoms with van der Waals surface area (Å²) in [6, 6.07) is 11.5. The molecule has 0 spiro atoms. The van der Waals surface area contributed by atoms with E-state index >= 15 is 0 Å². The lowest BCUT2D eigenvalue weighted by atomic mass is 10.2. The SMILES string of the molecule is CCOc1ccc(C(=O)N=c2sc3ccc([N+](=O)[O-])cc3n2CC)cc1. The van der Waals surface area contributed by atoms with Gasteiger partial charge in [0.25, 0.3) is 11.6 Å². The molecule has 2 aromatic carbocycles. The lowest BCUT2D eigenvalue weighted by Crippen LogP contribution is -2.15. The van der Waals surface area contributed by atoms with E-state index in [0.29, 0.717) is 34.8 Å². The highest BCUT2D eigenvalue weighted by molar-refractivity contribution is 7.16. The Kier molecular flexibility index (Phi) is 5.13. The molecule has 0 unspecified atom stereocenters. The van der Waals surface area contributed by atoms with E-state index in [1.807, 2.05) is 13.8 Å². The van der Waals surface area contributed by atoms with Gasteiger partial charge >= 0.3 is 0 Å². The number of rotatable bonds is 5. The maximum Gasteiger partial charge on any atom is 0.279 e. The maximum atomic E-state index is 12.5. The van der Waals surface area contributed by atoms with Crippen LogP contribution in [0.5, 0.6) is 5.75 Å². The fraction of sp³-hybridized carbons (Fsp3) is 0.222. The van der Waals surface area contributed by atoms with E-state index in [2.05, 4.69) is 4.99 Å². The summed E-state index contributed by atoms with van der Waals surface area (Å²) in [6.45, 7) is 4.91. The first-order chi connectivity index (χ1) is 12.5. The average molecular weight is 371 g/mol. The second-order valence-corrected chi connectivity index (χ2v) is 6.42. The van der Waals surface area contributed by atoms with Crippen LogP contribution in [0.3, 0.4) is 0 Å². The summed E-state index contributed by atoms with van der Waals surface area (Å²) in [7, 11) is 0. The minimum Gasteiger partial charge on any atom is -0.494 e. The van der Waals surface area contributed by atoms with Crippen LogP contribution in [-0.4, -0.2) is 22.0 Å². The largest absolute Gasteiger partial charge is 0.494 e. The van der Waals surface area contributed by atoms with E-state index in [-0.39, 0.29) is 11.6 Å². The molecule has 0 N–H and O–H groups in total. The number of carbonyl (C=O) groups is 1. The van der Waals surface area contributed by atoms with Crippen LogP contribution in [0, 0.1) is 10.1 Å². The van der Waals surface area contributed by atoms with Crippen LogP contribution in [0.15, 0.2) is 47.5 Å². The molecule has 0 aliphatic heterocycles. The minimum atomic E-state index is -0.432. The number of nitrogens with zero attached hydrogens (tertiary/aromatic N) is 3. The molecule has 0 aliphatic carbocycles. The zero-order valence-corrected chi connectivity index (χ0v) is 15.2. The Morgan fingerprint density at radius 2 is 1.96 bits per heavy atom. The molecule has 1 amide bonds. The second kappa shape index (κ2) is 7.49. The van der Waals surface area contributed by atoms with E-state index in [9.17, 15) is 14.9 Å². The molecule has 7 nitrogen and oxygen atoms in total. The zero-order chi connectivity index (χ0) is 18.7. The van der Waals surface area contributed by atoms with Crippen molar-refractivity contribution in [3.8, 4) is 5.75 Å². The van der Waals surface area contributed by atoms with Gasteiger partial charge < -0.3 is 9.30 Å². The van der Waals surface area contributed by atoms with Crippen LogP contribution in [0.1, 0.15) is 24.2 Å². The number of amides is 1. The molecule has 0 radical (unpaired) electrons. The molecular formula is C18H17N3O4S. The number of hydrogen-bond acceptors (Lipinski definition) is 5. The third-order valence-electron chi connectivity index (χ3n) is 3.80. The highest BCUT2D eigenvalue weighted by atomic mass is 32.1. The van der Waals surface area contributed by atoms with Crippen molar-refractivity contribution >= 4 is 33.1 Å². The monoisotopic (exact) mass is 371 g/mol. The summed E-state index contributed by atoms with van der Waals surface area (Å²) in [5.74, 6) is 0.332. The summed E-state index contributed by atoms with van der Waals surface area (Å²) >= 11 is 1.33. The number of nitro benzene ring substituents is 1. The molecule has 0 bridgehead atoms. The average Bonchev–Trinajstić information content (AvgIpc) is 2.98. The summed E-state index contributed by atoms with van der Waals surface area (Å²) in [6.07, 6.45) is 0. The van der Waals surface area contributed by atoms with Gasteiger partial charge in [0.1, 0.15) is 5.75 Å². The lowest BCUT2D eigenvalue weighted by Gasteiger charge is -2.03. The molecule has 1 heterocycles. The van der Waals surface area contributed by atoms with Crippen molar-refractivity contribution in [2.75, 3.05) is 6.61 Å². The number of carbonyl (C=O) groups excluding carboxylic acids is 1. The van der Waals surface area contributed by atoms with Crippen LogP contribution < -0.4 is 9.54 Å². The molecule has 134 valence electrons. The van der Waals surface area contributed by atoms with Crippen molar-refractivity contribution in [2.45, 2.75) is 20.4 Å². The maximum absolute atomic E-state index is 12.5. The number of aryl methyl sites for hydroxylation is 1. The van der Waals surface area contributed by atoms with Crippen molar-refractivity contribution in [3.63, 3.8) is 0 Å². The van der Waals surface area contributed by atoms with Gasteiger partial charge in [0.05, 0.1) is 21.7 Å². The number of hydrogen-bond donors (Lipinski definition) is 0. The van der Waals surface area contributed by atoms with Gasteiger partial charge in [-0.2, -0.15) is 4.99 Å². The van der Waals surface area contributed by atoms with Gasteiger partial charge in [-0.3, -0.25) is 14.9 Å². The number of thiazole rings is 1. The van der Waals surface area contributed by atoms with Crippen molar-refractivity contribution < 1.29 is 14.5 Å². The Morgan fingerprint density at radius 3 is 2.58 bits per heavy atom. The van der Waals surface area contributed by atoms with Crippen LogP contribution in [0.25, 0.3) is 10.2 Å². The van der Waals surface area contributed by atoms with Crippen LogP contribution in [0.2, 0.25) is 0 Å². The third kappa shape index (κ3) is 3.50. The Labute approximate surface area is 153 Å². The molecule has 0 atom stereocenters. The highest BCUT2D eigenvalue weighted by Gasteiger charge is 2.12. The molecule has 0 aliphatic rings. The second-order valence-electron chi connectivity index (χ2n) is 5.41. The van der Waals surface area contributed by atoms with Gasteiger partial charge in [-0.15, -0.1) is 0 Å². The summed E-state index contributed by atoms with van der Waals surface area (Å²) < 4.78 is 8.02. The normalized spacial score (nSPS) is 11.7. The first-order valence-corrected chi connectivity index (χ1v) is 8.94. The summed E-state index contributed by atoms with van der Waals surface area (Å²) in [5, 5.41) is 11.0. The number of nitro groups is 1. The van der Waals surface area contributed by atoms with Crippen molar-refractivity contribution in [1.82, 2.24) is 4.57 Å². The van der Waals surface area contributed by atoms with E-state index in [4.69, 9.17) is 4.74 Å². The summed E-state index contributed by atoms with van der Waals surface area (Å²) in [5.41, 5.74) is 1.17. The lowest BCUT2D eigenvalue weighted by molar-refractivity contribution is -0.384. The molecule has 1 aromatic heterocycles. The molecule has 26 heavy (non-hydrogen) atoms. The molecule has 8 heteroatoms. The predicted molar refractivity (Wildman–Crippen MR) is 99.6 cm³/mol. The van der Waals surface area contributed by atoms with E-state index in [0.717, 1.165) is 4.70 Å². The van der Waals surface area contributed by atoms with Gasteiger partial charge in [0.15, 0.2) is 4.80 Å². The number of benzene rings is 2. The predicted octanol–water partition coefficient (Wildman–Crippen LogP) is 3.77. The standard InChI is InChI=1S/C18H17N3O4S/c1-3-20-15-11-13(21(23)24)7-10-16(15)26-18(20)19-17(22)12-5-8-14(9-6-12)25-4-2/h5-11H,3-4H2,1-2H3. The van der Waals surface area contributed by atoms with E-state index in [1.165, 1.54) is 23.5 Å². The summed E-state index contributed by atoms with van der Waals surface area (Å²) in [4.78, 5) is 27.8. The molecule has 0 saturated heterocycles. The Morgan fingerprint density at radius 1 is 1.23 bits per heavy atom. The number of non-ortho nitro benzene ring substituents is 1. The van der Waals surface area contributed by atoms with Crippen molar-refractivity contribution in [1.29, 1.82) is 0 Å². The Balaban J connectivity index is 2.03. The first kappa shape index (κ1) is 17.8. The first-order valence-electron chi connectivity index (χ1n) is 8.13. The van der Waals surface area contributed by atoms with E-state index in [1.54, 1.807) is 34.9 Å². The number of fused-ring (bicyclic) bond motifs is 1. The van der Waals surface area contributed by atoms with Crippen LogP contribution >= 0.6 is 11.3 Å². The topological polar surface area (TPSA) is 86.7 Å². The quantitative estimate of drug-likeness (QED) is 0.504. The molecule has 0 fully saturated rings. The van der Waals surface area contributed by atoms with Gasteiger partial charge in [-0.1, -0.05) is 11.3 Å². The Bertz CT molecular complexity index is 1030. The van der Waals surface area contributed by atoms with Gasteiger partial charge in [0, 0.05) is 24.2 Å². The van der Waals surface area contributed by atoms with Crippen molar-refractivity contribution in [3.05, 3.63) is 62.9 Å². The van der Waals surface area contributed by atoms with E-state index < -0.39 is 4.92 Å². The number of aromatic nitrogens is 1. The Hall–Kier alpha value is -3.00. The van der Waals surface area contributed by atoms with Gasteiger partial charge in [-0.25, -0.2) is 0 Å². The van der Waals surface area contributed by atoms with Crippen LogP contribution in [-0.2, 0) is 6.54 Å². The fourth-order valence-corrected chi connectivity index (χ4v) is 3.65. The van der Waals surface area contributed by atoms with Gasteiger partial charge in [0.2, 0.25) is 0 Å². The molecule has 3 rings (SSSR count). The van der Waals surface area contributed by atoms with Crippen molar-refractivity contribution in [2.24, 2.45) is 4.99 Å². The van der Waals surface area contributed by atoms with Gasteiger partial charge in [-0.05, 0) is 44.2 Å². The number of ether oxygens (including phenoxy) is 1. The van der Waals surface area contributed by atoms with Crippen LogP contribution in [0.4, 0.5) is 5.69 Å². The molecule has 3 aromatic rings. The molecular weight excluding hydrogens is 354 g/mol. The highest BCUT2D eigenvalue weighted by Crippen LogP contribution is 2.23. The molecule has 0 saturated carbocycles.